The molecule has 8 heteroatoms. The minimum atomic E-state index is -0.284. The number of amides is 1. The fourth-order valence-electron chi connectivity index (χ4n) is 3.92. The molecule has 4 aromatic carbocycles. The van der Waals surface area contributed by atoms with Crippen LogP contribution >= 0.6 is 15.9 Å². The summed E-state index contributed by atoms with van der Waals surface area (Å²) in [5.41, 5.74) is 6.91. The van der Waals surface area contributed by atoms with E-state index in [1.54, 1.807) is 18.3 Å². The lowest BCUT2D eigenvalue weighted by Gasteiger charge is -2.16. The van der Waals surface area contributed by atoms with Gasteiger partial charge in [-0.3, -0.25) is 4.79 Å². The molecule has 1 N–H and O–H groups in total. The summed E-state index contributed by atoms with van der Waals surface area (Å²) in [6.07, 6.45) is 1.56. The number of hydrazone groups is 1. The fourth-order valence-corrected chi connectivity index (χ4v) is 4.50. The molecule has 0 heterocycles. The number of nitrogens with zero attached hydrogens (tertiary/aromatic N) is 1. The van der Waals surface area contributed by atoms with E-state index in [-0.39, 0.29) is 12.5 Å². The molecule has 0 aliphatic heterocycles. The molecule has 1 amide bonds. The molecule has 0 fully saturated rings. The average molecular weight is 618 g/mol. The second-order valence-electron chi connectivity index (χ2n) is 9.11. The van der Waals surface area contributed by atoms with E-state index in [0.29, 0.717) is 52.9 Å². The van der Waals surface area contributed by atoms with E-state index < -0.39 is 0 Å². The number of nitrogens with one attached hydrogen (secondary N) is 1. The molecule has 41 heavy (non-hydrogen) atoms. The van der Waals surface area contributed by atoms with Crippen molar-refractivity contribution >= 4 is 28.1 Å². The van der Waals surface area contributed by atoms with Gasteiger partial charge in [-0.1, -0.05) is 54.1 Å². The van der Waals surface area contributed by atoms with E-state index in [9.17, 15) is 4.79 Å². The lowest BCUT2D eigenvalue weighted by Crippen LogP contribution is -2.17. The first-order valence-corrected chi connectivity index (χ1v) is 14.2. The van der Waals surface area contributed by atoms with Gasteiger partial charge in [0.25, 0.3) is 5.91 Å². The molecule has 0 unspecified atom stereocenters. The Hall–Kier alpha value is -4.30. The monoisotopic (exact) mass is 616 g/mol. The summed E-state index contributed by atoms with van der Waals surface area (Å²) < 4.78 is 24.6. The van der Waals surface area contributed by atoms with Gasteiger partial charge in [0.05, 0.1) is 23.9 Å². The van der Waals surface area contributed by atoms with Crippen LogP contribution in [0.2, 0.25) is 0 Å². The minimum absolute atomic E-state index is 0.284. The lowest BCUT2D eigenvalue weighted by atomic mass is 10.1. The third-order valence-corrected chi connectivity index (χ3v) is 6.54. The van der Waals surface area contributed by atoms with Crippen LogP contribution in [-0.2, 0) is 13.2 Å². The van der Waals surface area contributed by atoms with Crippen LogP contribution in [0.15, 0.2) is 94.5 Å². The molecule has 0 saturated carbocycles. The average Bonchev–Trinajstić information content (AvgIpc) is 2.97. The van der Waals surface area contributed by atoms with Gasteiger partial charge in [0.15, 0.2) is 23.0 Å². The molecule has 0 aromatic heterocycles. The van der Waals surface area contributed by atoms with E-state index in [2.05, 4.69) is 26.5 Å². The van der Waals surface area contributed by atoms with Gasteiger partial charge in [0.2, 0.25) is 0 Å². The number of carbonyl (C=O) groups excluding carboxylic acids is 1. The number of hydrogen-bond donors (Lipinski definition) is 1. The predicted molar refractivity (Wildman–Crippen MR) is 164 cm³/mol. The first-order chi connectivity index (χ1) is 20.0. The summed E-state index contributed by atoms with van der Waals surface area (Å²) in [5, 5.41) is 4.11. The highest BCUT2D eigenvalue weighted by Gasteiger charge is 2.14. The van der Waals surface area contributed by atoms with Crippen LogP contribution in [0.4, 0.5) is 0 Å². The highest BCUT2D eigenvalue weighted by molar-refractivity contribution is 9.10. The van der Waals surface area contributed by atoms with Crippen molar-refractivity contribution in [3.05, 3.63) is 117 Å². The summed E-state index contributed by atoms with van der Waals surface area (Å²) in [4.78, 5) is 12.3. The van der Waals surface area contributed by atoms with Gasteiger partial charge >= 0.3 is 0 Å². The topological polar surface area (TPSA) is 78.4 Å². The van der Waals surface area contributed by atoms with Gasteiger partial charge in [-0.05, 0) is 89.8 Å². The number of carbonyl (C=O) groups is 1. The summed E-state index contributed by atoms with van der Waals surface area (Å²) in [6, 6.07) is 26.7. The van der Waals surface area contributed by atoms with E-state index in [1.165, 1.54) is 0 Å². The first kappa shape index (κ1) is 29.7. The predicted octanol–water partition coefficient (Wildman–Crippen LogP) is 7.48. The molecule has 0 bridgehead atoms. The Kier molecular flexibility index (Phi) is 10.8. The number of halogens is 1. The number of hydrogen-bond acceptors (Lipinski definition) is 6. The van der Waals surface area contributed by atoms with Crippen LogP contribution in [0.3, 0.4) is 0 Å². The van der Waals surface area contributed by atoms with Crippen molar-refractivity contribution in [2.75, 3.05) is 13.2 Å². The molecule has 0 spiro atoms. The van der Waals surface area contributed by atoms with Crippen molar-refractivity contribution in [3.8, 4) is 23.0 Å². The molecular weight excluding hydrogens is 584 g/mol. The molecule has 212 valence electrons. The fraction of sp³-hybridized carbons (Fsp3) is 0.212. The van der Waals surface area contributed by atoms with Crippen LogP contribution in [0.1, 0.15) is 46.5 Å². The van der Waals surface area contributed by atoms with Gasteiger partial charge in [0.1, 0.15) is 13.2 Å². The molecule has 0 aliphatic rings. The summed E-state index contributed by atoms with van der Waals surface area (Å²) in [7, 11) is 0. The van der Waals surface area contributed by atoms with Crippen LogP contribution in [-0.4, -0.2) is 25.3 Å². The van der Waals surface area contributed by atoms with Crippen molar-refractivity contribution < 1.29 is 23.7 Å². The lowest BCUT2D eigenvalue weighted by molar-refractivity contribution is 0.0955. The molecule has 0 saturated heterocycles. The smallest absolute Gasteiger partial charge is 0.271 e. The second kappa shape index (κ2) is 14.9. The number of rotatable bonds is 13. The summed E-state index contributed by atoms with van der Waals surface area (Å²) in [6.45, 7) is 7.52. The number of benzene rings is 4. The molecule has 4 rings (SSSR count). The number of ether oxygens (including phenoxy) is 4. The Morgan fingerprint density at radius 2 is 1.49 bits per heavy atom. The highest BCUT2D eigenvalue weighted by atomic mass is 79.9. The normalized spacial score (nSPS) is 10.8. The molecule has 7 nitrogen and oxygen atoms in total. The summed E-state index contributed by atoms with van der Waals surface area (Å²) in [5.74, 6) is 2.17. The second-order valence-corrected chi connectivity index (χ2v) is 9.96. The van der Waals surface area contributed by atoms with E-state index >= 15 is 0 Å². The molecule has 0 radical (unpaired) electrons. The van der Waals surface area contributed by atoms with Crippen LogP contribution in [0, 0.1) is 6.92 Å². The van der Waals surface area contributed by atoms with E-state index in [4.69, 9.17) is 18.9 Å². The van der Waals surface area contributed by atoms with Crippen LogP contribution in [0.25, 0.3) is 0 Å². The van der Waals surface area contributed by atoms with Crippen LogP contribution < -0.4 is 24.4 Å². The summed E-state index contributed by atoms with van der Waals surface area (Å²) >= 11 is 3.60. The zero-order chi connectivity index (χ0) is 29.0. The zero-order valence-electron chi connectivity index (χ0n) is 23.4. The Morgan fingerprint density at radius 1 is 0.780 bits per heavy atom. The van der Waals surface area contributed by atoms with Gasteiger partial charge in [-0.2, -0.15) is 5.10 Å². The third-order valence-electron chi connectivity index (χ3n) is 5.95. The van der Waals surface area contributed by atoms with Gasteiger partial charge in [-0.25, -0.2) is 5.43 Å². The third kappa shape index (κ3) is 8.59. The number of aryl methyl sites for hydroxylation is 1. The molecule has 0 aliphatic carbocycles. The standard InChI is InChI=1S/C33H33BrN2O5/c1-4-38-30-18-25(13-16-29(30)40-21-24-9-7-6-8-10-24)22-41-32-28(34)17-26(19-31(32)39-5-2)20-35-36-33(37)27-14-11-23(3)12-15-27/h6-20H,4-5,21-22H2,1-3H3,(H,36,37)/b35-20+. The first-order valence-electron chi connectivity index (χ1n) is 13.4. The van der Waals surface area contributed by atoms with Crippen molar-refractivity contribution in [2.24, 2.45) is 5.10 Å². The van der Waals surface area contributed by atoms with Crippen molar-refractivity contribution in [3.63, 3.8) is 0 Å². The largest absolute Gasteiger partial charge is 0.490 e. The van der Waals surface area contributed by atoms with Gasteiger partial charge in [-0.15, -0.1) is 0 Å². The highest BCUT2D eigenvalue weighted by Crippen LogP contribution is 2.38. The maximum absolute atomic E-state index is 12.3. The Labute approximate surface area is 249 Å². The molecule has 0 atom stereocenters. The maximum atomic E-state index is 12.3. The van der Waals surface area contributed by atoms with Gasteiger partial charge in [0, 0.05) is 5.56 Å². The van der Waals surface area contributed by atoms with Crippen LogP contribution in [0.5, 0.6) is 23.0 Å². The van der Waals surface area contributed by atoms with Crippen molar-refractivity contribution in [2.45, 2.75) is 34.0 Å². The van der Waals surface area contributed by atoms with Crippen molar-refractivity contribution in [1.82, 2.24) is 5.43 Å². The van der Waals surface area contributed by atoms with E-state index in [0.717, 1.165) is 22.3 Å². The Balaban J connectivity index is 1.43. The minimum Gasteiger partial charge on any atom is -0.490 e. The quantitative estimate of drug-likeness (QED) is 0.124. The van der Waals surface area contributed by atoms with Crippen molar-refractivity contribution in [1.29, 1.82) is 0 Å². The Bertz CT molecular complexity index is 1470. The van der Waals surface area contributed by atoms with Gasteiger partial charge < -0.3 is 18.9 Å². The zero-order valence-corrected chi connectivity index (χ0v) is 24.9. The SMILES string of the molecule is CCOc1cc(COc2c(Br)cc(/C=N/NC(=O)c3ccc(C)cc3)cc2OCC)ccc1OCc1ccccc1. The molecular formula is C33H33BrN2O5. The van der Waals surface area contributed by atoms with E-state index in [1.807, 2.05) is 93.6 Å². The Morgan fingerprint density at radius 3 is 2.22 bits per heavy atom. The molecule has 4 aromatic rings. The maximum Gasteiger partial charge on any atom is 0.271 e.